The van der Waals surface area contributed by atoms with Crippen LogP contribution in [0.25, 0.3) is 0 Å². The molecular weight excluding hydrogens is 360 g/mol. The fourth-order valence-corrected chi connectivity index (χ4v) is 3.32. The molecule has 1 aromatic rings. The normalized spacial score (nSPS) is 19.4. The summed E-state index contributed by atoms with van der Waals surface area (Å²) in [5.74, 6) is -0.0359. The standard InChI is InChI=1S/C13H12Br2N2O/c14-10-3-4-11(12(15)6-10)13(18)17-5-1-2-9(7-16)8-17/h3-4,6,9H,1-2,5,8H2. The van der Waals surface area contributed by atoms with Gasteiger partial charge >= 0.3 is 0 Å². The van der Waals surface area contributed by atoms with Gasteiger partial charge < -0.3 is 4.90 Å². The zero-order valence-electron chi connectivity index (χ0n) is 9.70. The summed E-state index contributed by atoms with van der Waals surface area (Å²) in [6, 6.07) is 7.76. The van der Waals surface area contributed by atoms with Crippen LogP contribution in [0.5, 0.6) is 0 Å². The Morgan fingerprint density at radius 3 is 2.89 bits per heavy atom. The van der Waals surface area contributed by atoms with Gasteiger partial charge in [-0.1, -0.05) is 15.9 Å². The molecule has 18 heavy (non-hydrogen) atoms. The highest BCUT2D eigenvalue weighted by Crippen LogP contribution is 2.25. The van der Waals surface area contributed by atoms with E-state index < -0.39 is 0 Å². The van der Waals surface area contributed by atoms with Crippen LogP contribution in [0.15, 0.2) is 27.1 Å². The number of nitriles is 1. The number of piperidine rings is 1. The molecule has 1 aliphatic rings. The van der Waals surface area contributed by atoms with Crippen molar-refractivity contribution in [3.63, 3.8) is 0 Å². The molecule has 1 saturated heterocycles. The van der Waals surface area contributed by atoms with Gasteiger partial charge in [0.15, 0.2) is 0 Å². The molecule has 1 heterocycles. The molecule has 1 amide bonds. The number of rotatable bonds is 1. The molecule has 3 nitrogen and oxygen atoms in total. The molecule has 0 aliphatic carbocycles. The van der Waals surface area contributed by atoms with Gasteiger partial charge in [-0.25, -0.2) is 0 Å². The smallest absolute Gasteiger partial charge is 0.255 e. The summed E-state index contributed by atoms with van der Waals surface area (Å²) >= 11 is 6.77. The first kappa shape index (κ1) is 13.6. The first-order chi connectivity index (χ1) is 8.61. The Labute approximate surface area is 123 Å². The van der Waals surface area contributed by atoms with Crippen molar-refractivity contribution in [2.75, 3.05) is 13.1 Å². The van der Waals surface area contributed by atoms with E-state index in [1.807, 2.05) is 12.1 Å². The van der Waals surface area contributed by atoms with Gasteiger partial charge in [0.25, 0.3) is 5.91 Å². The van der Waals surface area contributed by atoms with Gasteiger partial charge in [0, 0.05) is 22.0 Å². The lowest BCUT2D eigenvalue weighted by atomic mass is 9.99. The third-order valence-corrected chi connectivity index (χ3v) is 4.20. The van der Waals surface area contributed by atoms with Crippen LogP contribution >= 0.6 is 31.9 Å². The Morgan fingerprint density at radius 1 is 1.44 bits per heavy atom. The fraction of sp³-hybridized carbons (Fsp3) is 0.385. The van der Waals surface area contributed by atoms with Crippen molar-refractivity contribution < 1.29 is 4.79 Å². The average molecular weight is 372 g/mol. The maximum atomic E-state index is 12.4. The minimum absolute atomic E-state index is 0.00525. The van der Waals surface area contributed by atoms with Crippen molar-refractivity contribution in [1.29, 1.82) is 5.26 Å². The molecule has 5 heteroatoms. The molecule has 0 aromatic heterocycles. The number of halogens is 2. The van der Waals surface area contributed by atoms with Gasteiger partial charge in [0.05, 0.1) is 17.6 Å². The summed E-state index contributed by atoms with van der Waals surface area (Å²) in [5.41, 5.74) is 0.650. The monoisotopic (exact) mass is 370 g/mol. The van der Waals surface area contributed by atoms with Crippen LogP contribution in [-0.2, 0) is 0 Å². The second-order valence-electron chi connectivity index (χ2n) is 4.34. The molecule has 0 bridgehead atoms. The highest BCUT2D eigenvalue weighted by Gasteiger charge is 2.25. The number of benzene rings is 1. The number of carbonyl (C=O) groups excluding carboxylic acids is 1. The first-order valence-electron chi connectivity index (χ1n) is 5.75. The van der Waals surface area contributed by atoms with Crippen LogP contribution < -0.4 is 0 Å². The number of hydrogen-bond donors (Lipinski definition) is 0. The van der Waals surface area contributed by atoms with Crippen LogP contribution in [0.4, 0.5) is 0 Å². The third kappa shape index (κ3) is 2.93. The Balaban J connectivity index is 2.18. The van der Waals surface area contributed by atoms with Crippen LogP contribution in [-0.4, -0.2) is 23.9 Å². The second kappa shape index (κ2) is 5.85. The largest absolute Gasteiger partial charge is 0.337 e. The highest BCUT2D eigenvalue weighted by molar-refractivity contribution is 9.11. The Morgan fingerprint density at radius 2 is 2.22 bits per heavy atom. The van der Waals surface area contributed by atoms with Gasteiger partial charge in [0.1, 0.15) is 0 Å². The molecule has 1 fully saturated rings. The van der Waals surface area contributed by atoms with Gasteiger partial charge in [-0.05, 0) is 47.0 Å². The van der Waals surface area contributed by atoms with Crippen molar-refractivity contribution in [2.24, 2.45) is 5.92 Å². The van der Waals surface area contributed by atoms with E-state index in [2.05, 4.69) is 37.9 Å². The molecular formula is C13H12Br2N2O. The quantitative estimate of drug-likeness (QED) is 0.757. The number of hydrogen-bond acceptors (Lipinski definition) is 2. The maximum absolute atomic E-state index is 12.4. The molecule has 1 aromatic carbocycles. The van der Waals surface area contributed by atoms with E-state index in [0.717, 1.165) is 28.3 Å². The minimum Gasteiger partial charge on any atom is -0.337 e. The number of carbonyl (C=O) groups is 1. The highest BCUT2D eigenvalue weighted by atomic mass is 79.9. The lowest BCUT2D eigenvalue weighted by molar-refractivity contribution is 0.0698. The van der Waals surface area contributed by atoms with Crippen LogP contribution in [0.3, 0.4) is 0 Å². The zero-order chi connectivity index (χ0) is 13.1. The van der Waals surface area contributed by atoms with Crippen LogP contribution in [0.2, 0.25) is 0 Å². The van der Waals surface area contributed by atoms with E-state index in [4.69, 9.17) is 5.26 Å². The lowest BCUT2D eigenvalue weighted by Gasteiger charge is -2.29. The summed E-state index contributed by atoms with van der Waals surface area (Å²) in [6.45, 7) is 1.28. The number of amides is 1. The number of nitrogens with zero attached hydrogens (tertiary/aromatic N) is 2. The molecule has 94 valence electrons. The Hall–Kier alpha value is -0.860. The van der Waals surface area contributed by atoms with E-state index in [9.17, 15) is 4.79 Å². The van der Waals surface area contributed by atoms with E-state index >= 15 is 0 Å². The molecule has 0 N–H and O–H groups in total. The molecule has 0 spiro atoms. The van der Waals surface area contributed by atoms with E-state index in [1.165, 1.54) is 0 Å². The topological polar surface area (TPSA) is 44.1 Å². The SMILES string of the molecule is N#CC1CCCN(C(=O)c2ccc(Br)cc2Br)C1. The third-order valence-electron chi connectivity index (χ3n) is 3.05. The molecule has 0 radical (unpaired) electrons. The molecule has 1 unspecified atom stereocenters. The molecule has 2 rings (SSSR count). The molecule has 1 atom stereocenters. The summed E-state index contributed by atoms with van der Waals surface area (Å²) in [6.07, 6.45) is 1.79. The van der Waals surface area contributed by atoms with Crippen molar-refractivity contribution in [2.45, 2.75) is 12.8 Å². The summed E-state index contributed by atoms with van der Waals surface area (Å²) < 4.78 is 1.71. The zero-order valence-corrected chi connectivity index (χ0v) is 12.9. The maximum Gasteiger partial charge on any atom is 0.255 e. The molecule has 0 saturated carbocycles. The first-order valence-corrected chi connectivity index (χ1v) is 7.34. The summed E-state index contributed by atoms with van der Waals surface area (Å²) in [7, 11) is 0. The van der Waals surface area contributed by atoms with Gasteiger partial charge in [-0.15, -0.1) is 0 Å². The number of likely N-dealkylation sites (tertiary alicyclic amines) is 1. The summed E-state index contributed by atoms with van der Waals surface area (Å²) in [5, 5.41) is 8.95. The average Bonchev–Trinajstić information content (AvgIpc) is 2.38. The Bertz CT molecular complexity index is 510. The minimum atomic E-state index is -0.0306. The van der Waals surface area contributed by atoms with Crippen LogP contribution in [0.1, 0.15) is 23.2 Å². The van der Waals surface area contributed by atoms with Crippen LogP contribution in [0, 0.1) is 17.2 Å². The van der Waals surface area contributed by atoms with E-state index in [-0.39, 0.29) is 11.8 Å². The second-order valence-corrected chi connectivity index (χ2v) is 6.11. The summed E-state index contributed by atoms with van der Waals surface area (Å²) in [4.78, 5) is 14.1. The van der Waals surface area contributed by atoms with Gasteiger partial charge in [-0.3, -0.25) is 4.79 Å². The predicted molar refractivity (Wildman–Crippen MR) is 76.1 cm³/mol. The Kier molecular flexibility index (Phi) is 4.41. The van der Waals surface area contributed by atoms with Crippen molar-refractivity contribution in [3.8, 4) is 6.07 Å². The van der Waals surface area contributed by atoms with Crippen molar-refractivity contribution in [1.82, 2.24) is 4.90 Å². The fourth-order valence-electron chi connectivity index (χ4n) is 2.10. The van der Waals surface area contributed by atoms with Crippen molar-refractivity contribution >= 4 is 37.8 Å². The van der Waals surface area contributed by atoms with Gasteiger partial charge in [-0.2, -0.15) is 5.26 Å². The van der Waals surface area contributed by atoms with Gasteiger partial charge in [0.2, 0.25) is 0 Å². The van der Waals surface area contributed by atoms with E-state index in [1.54, 1.807) is 11.0 Å². The molecule has 1 aliphatic heterocycles. The predicted octanol–water partition coefficient (Wildman–Crippen LogP) is 3.59. The lowest BCUT2D eigenvalue weighted by Crippen LogP contribution is -2.39. The van der Waals surface area contributed by atoms with Crippen molar-refractivity contribution in [3.05, 3.63) is 32.7 Å². The van der Waals surface area contributed by atoms with E-state index in [0.29, 0.717) is 12.1 Å².